The van der Waals surface area contributed by atoms with E-state index >= 15 is 0 Å². The highest BCUT2D eigenvalue weighted by molar-refractivity contribution is 5.84. The van der Waals surface area contributed by atoms with Gasteiger partial charge in [-0.25, -0.2) is 13.6 Å². The van der Waals surface area contributed by atoms with Gasteiger partial charge in [-0.05, 0) is 19.1 Å². The van der Waals surface area contributed by atoms with Crippen molar-refractivity contribution in [2.24, 2.45) is 0 Å². The minimum atomic E-state index is -0.853. The molecule has 0 atom stereocenters. The largest absolute Gasteiger partial charge is 0.459 e. The summed E-state index contributed by atoms with van der Waals surface area (Å²) in [5, 5.41) is 6.78. The Morgan fingerprint density at radius 2 is 2.00 bits per heavy atom. The van der Waals surface area contributed by atoms with Gasteiger partial charge in [-0.3, -0.25) is 0 Å². The molecule has 0 bridgehead atoms. The third-order valence-corrected chi connectivity index (χ3v) is 2.05. The molecule has 18 heavy (non-hydrogen) atoms. The fourth-order valence-corrected chi connectivity index (χ4v) is 1.30. The van der Waals surface area contributed by atoms with Crippen LogP contribution in [0.5, 0.6) is 0 Å². The van der Waals surface area contributed by atoms with Crippen molar-refractivity contribution < 1.29 is 22.7 Å². The molecular weight excluding hydrogens is 246 g/mol. The summed E-state index contributed by atoms with van der Waals surface area (Å²) in [5.74, 6) is -3.40. The fraction of sp³-hybridized carbons (Fsp3) is 0.182. The van der Waals surface area contributed by atoms with Crippen LogP contribution in [-0.4, -0.2) is 22.8 Å². The van der Waals surface area contributed by atoms with Gasteiger partial charge in [0.2, 0.25) is 0 Å². The van der Waals surface area contributed by atoms with Gasteiger partial charge in [0.25, 0.3) is 5.89 Å². The summed E-state index contributed by atoms with van der Waals surface area (Å²) >= 11 is 0. The van der Waals surface area contributed by atoms with E-state index in [2.05, 4.69) is 14.9 Å². The Morgan fingerprint density at radius 1 is 1.33 bits per heavy atom. The summed E-state index contributed by atoms with van der Waals surface area (Å²) < 4.78 is 36.3. The van der Waals surface area contributed by atoms with Gasteiger partial charge in [0.1, 0.15) is 17.2 Å². The average molecular weight is 254 g/mol. The predicted octanol–water partition coefficient (Wildman–Crippen LogP) is 2.19. The molecule has 5 nitrogen and oxygen atoms in total. The number of hydrogen-bond donors (Lipinski definition) is 0. The Bertz CT molecular complexity index is 563. The van der Waals surface area contributed by atoms with E-state index < -0.39 is 34.9 Å². The summed E-state index contributed by atoms with van der Waals surface area (Å²) in [5.41, 5.74) is -0.472. The number of carbonyl (C=O) groups is 1. The van der Waals surface area contributed by atoms with E-state index in [9.17, 15) is 13.6 Å². The Kier molecular flexibility index (Phi) is 3.31. The minimum absolute atomic E-state index is 0.130. The molecule has 1 heterocycles. The fourth-order valence-electron chi connectivity index (χ4n) is 1.30. The van der Waals surface area contributed by atoms with Crippen LogP contribution in [0.15, 0.2) is 22.6 Å². The van der Waals surface area contributed by atoms with Crippen molar-refractivity contribution in [2.45, 2.75) is 6.92 Å². The van der Waals surface area contributed by atoms with Crippen molar-refractivity contribution in [3.8, 4) is 11.5 Å². The summed E-state index contributed by atoms with van der Waals surface area (Å²) in [6, 6.07) is 3.30. The molecule has 0 amide bonds. The van der Waals surface area contributed by atoms with Crippen LogP contribution in [0, 0.1) is 11.6 Å². The van der Waals surface area contributed by atoms with E-state index in [1.165, 1.54) is 6.07 Å². The lowest BCUT2D eigenvalue weighted by molar-refractivity contribution is 0.0481. The van der Waals surface area contributed by atoms with Crippen LogP contribution >= 0.6 is 0 Å². The van der Waals surface area contributed by atoms with E-state index in [0.717, 1.165) is 12.1 Å². The standard InChI is InChI=1S/C11H8F2N2O3/c1-2-17-11(16)10-15-14-9(18-10)8-6(12)4-3-5-7(8)13/h3-5H,2H2,1H3. The molecule has 0 aliphatic heterocycles. The van der Waals surface area contributed by atoms with Crippen molar-refractivity contribution >= 4 is 5.97 Å². The zero-order valence-electron chi connectivity index (χ0n) is 9.31. The number of carbonyl (C=O) groups excluding carboxylic acids is 1. The number of esters is 1. The van der Waals surface area contributed by atoms with Gasteiger partial charge in [-0.2, -0.15) is 0 Å². The molecule has 7 heteroatoms. The highest BCUT2D eigenvalue weighted by Crippen LogP contribution is 2.24. The van der Waals surface area contributed by atoms with Gasteiger partial charge in [0.05, 0.1) is 6.61 Å². The third-order valence-electron chi connectivity index (χ3n) is 2.05. The van der Waals surface area contributed by atoms with E-state index in [1.807, 2.05) is 0 Å². The summed E-state index contributed by atoms with van der Waals surface area (Å²) in [4.78, 5) is 11.3. The first kappa shape index (κ1) is 12.2. The molecule has 0 spiro atoms. The lowest BCUT2D eigenvalue weighted by Crippen LogP contribution is -2.04. The van der Waals surface area contributed by atoms with E-state index in [-0.39, 0.29) is 6.61 Å². The SMILES string of the molecule is CCOC(=O)c1nnc(-c2c(F)cccc2F)o1. The van der Waals surface area contributed by atoms with Gasteiger partial charge in [-0.1, -0.05) is 6.07 Å². The molecular formula is C11H8F2N2O3. The Hall–Kier alpha value is -2.31. The van der Waals surface area contributed by atoms with Crippen LogP contribution in [0.25, 0.3) is 11.5 Å². The van der Waals surface area contributed by atoms with Crippen molar-refractivity contribution in [3.05, 3.63) is 35.7 Å². The maximum Gasteiger partial charge on any atom is 0.396 e. The number of halogens is 2. The number of aromatic nitrogens is 2. The van der Waals surface area contributed by atoms with Gasteiger partial charge >= 0.3 is 11.9 Å². The Balaban J connectivity index is 2.38. The third kappa shape index (κ3) is 2.20. The Morgan fingerprint density at radius 3 is 2.61 bits per heavy atom. The molecule has 2 rings (SSSR count). The molecule has 0 radical (unpaired) electrons. The van der Waals surface area contributed by atoms with Gasteiger partial charge in [0.15, 0.2) is 0 Å². The summed E-state index contributed by atoms with van der Waals surface area (Å²) in [6.07, 6.45) is 0. The van der Waals surface area contributed by atoms with Crippen LogP contribution in [0.3, 0.4) is 0 Å². The molecule has 0 saturated heterocycles. The van der Waals surface area contributed by atoms with E-state index in [1.54, 1.807) is 6.92 Å². The minimum Gasteiger partial charge on any atom is -0.459 e. The molecule has 0 fully saturated rings. The summed E-state index contributed by atoms with van der Waals surface area (Å²) in [6.45, 7) is 1.73. The molecule has 2 aromatic rings. The highest BCUT2D eigenvalue weighted by Gasteiger charge is 2.21. The summed E-state index contributed by atoms with van der Waals surface area (Å²) in [7, 11) is 0. The molecule has 1 aromatic carbocycles. The maximum absolute atomic E-state index is 13.4. The number of nitrogens with zero attached hydrogens (tertiary/aromatic N) is 2. The topological polar surface area (TPSA) is 65.2 Å². The average Bonchev–Trinajstić information content (AvgIpc) is 2.78. The molecule has 94 valence electrons. The second-order valence-corrected chi connectivity index (χ2v) is 3.23. The van der Waals surface area contributed by atoms with Crippen molar-refractivity contribution in [1.82, 2.24) is 10.2 Å². The zero-order valence-corrected chi connectivity index (χ0v) is 9.31. The second kappa shape index (κ2) is 4.91. The second-order valence-electron chi connectivity index (χ2n) is 3.23. The molecule has 1 aromatic heterocycles. The number of ether oxygens (including phenoxy) is 1. The predicted molar refractivity (Wildman–Crippen MR) is 55.6 cm³/mol. The first-order valence-electron chi connectivity index (χ1n) is 5.08. The van der Waals surface area contributed by atoms with E-state index in [0.29, 0.717) is 0 Å². The normalized spacial score (nSPS) is 10.4. The van der Waals surface area contributed by atoms with Crippen LogP contribution in [0.2, 0.25) is 0 Å². The highest BCUT2D eigenvalue weighted by atomic mass is 19.1. The number of benzene rings is 1. The number of rotatable bonds is 3. The van der Waals surface area contributed by atoms with Crippen molar-refractivity contribution in [3.63, 3.8) is 0 Å². The van der Waals surface area contributed by atoms with Gasteiger partial charge in [0, 0.05) is 0 Å². The van der Waals surface area contributed by atoms with Crippen LogP contribution in [0.1, 0.15) is 17.6 Å². The molecule has 0 saturated carbocycles. The van der Waals surface area contributed by atoms with Gasteiger partial charge < -0.3 is 9.15 Å². The lowest BCUT2D eigenvalue weighted by atomic mass is 10.2. The van der Waals surface area contributed by atoms with Crippen LogP contribution in [-0.2, 0) is 4.74 Å². The van der Waals surface area contributed by atoms with Crippen LogP contribution in [0.4, 0.5) is 8.78 Å². The first-order chi connectivity index (χ1) is 8.63. The van der Waals surface area contributed by atoms with Crippen LogP contribution < -0.4 is 0 Å². The maximum atomic E-state index is 13.4. The molecule has 0 N–H and O–H groups in total. The first-order valence-corrected chi connectivity index (χ1v) is 5.08. The zero-order chi connectivity index (χ0) is 13.1. The Labute approximate surface area is 100 Å². The molecule has 0 unspecified atom stereocenters. The van der Waals surface area contributed by atoms with E-state index in [4.69, 9.17) is 4.42 Å². The molecule has 0 aliphatic carbocycles. The monoisotopic (exact) mass is 254 g/mol. The van der Waals surface area contributed by atoms with Crippen molar-refractivity contribution in [1.29, 1.82) is 0 Å². The lowest BCUT2D eigenvalue weighted by Gasteiger charge is -1.98. The smallest absolute Gasteiger partial charge is 0.396 e. The number of hydrogen-bond acceptors (Lipinski definition) is 5. The van der Waals surface area contributed by atoms with Gasteiger partial charge in [-0.15, -0.1) is 10.2 Å². The van der Waals surface area contributed by atoms with Crippen molar-refractivity contribution in [2.75, 3.05) is 6.61 Å². The quantitative estimate of drug-likeness (QED) is 0.785. The molecule has 0 aliphatic rings.